The number of carbonyl (C=O) groups excluding carboxylic acids is 2. The number of hydrogen-bond donors (Lipinski definition) is 0. The average molecular weight is 262 g/mol. The van der Waals surface area contributed by atoms with Gasteiger partial charge in [-0.25, -0.2) is 0 Å². The molecule has 0 aromatic carbocycles. The lowest BCUT2D eigenvalue weighted by Gasteiger charge is -2.13. The van der Waals surface area contributed by atoms with Gasteiger partial charge in [0.05, 0.1) is 10.8 Å². The maximum atomic E-state index is 12.3. The maximum Gasteiger partial charge on any atom is 0.450 e. The first-order valence-corrected chi connectivity index (χ1v) is 5.55. The van der Waals surface area contributed by atoms with Gasteiger partial charge in [0.2, 0.25) is 5.78 Å². The number of ketones is 2. The van der Waals surface area contributed by atoms with Crippen LogP contribution in [0.25, 0.3) is 0 Å². The van der Waals surface area contributed by atoms with E-state index in [1.807, 2.05) is 0 Å². The summed E-state index contributed by atoms with van der Waals surface area (Å²) in [6.45, 7) is 3.26. The fraction of sp³-hybridized carbons (Fsp3) is 0.273. The summed E-state index contributed by atoms with van der Waals surface area (Å²) in [5.41, 5.74) is 0. The number of hydrogen-bond acceptors (Lipinski definition) is 3. The first kappa shape index (κ1) is 13.6. The number of Topliss-reactive ketones (excluding diaryl/α,β-unsaturated/α-hetero) is 2. The van der Waals surface area contributed by atoms with E-state index < -0.39 is 23.7 Å². The lowest BCUT2D eigenvalue weighted by atomic mass is 9.94. The predicted molar refractivity (Wildman–Crippen MR) is 58.0 cm³/mol. The van der Waals surface area contributed by atoms with Gasteiger partial charge in [-0.15, -0.1) is 17.9 Å². The Kier molecular flexibility index (Phi) is 4.22. The van der Waals surface area contributed by atoms with E-state index in [1.165, 1.54) is 6.07 Å². The zero-order valence-corrected chi connectivity index (χ0v) is 9.48. The molecule has 6 heteroatoms. The minimum atomic E-state index is -5.00. The lowest BCUT2D eigenvalue weighted by Crippen LogP contribution is -2.34. The number of allylic oxidation sites excluding steroid dienone is 1. The molecule has 1 aromatic rings. The Morgan fingerprint density at radius 3 is 2.53 bits per heavy atom. The minimum Gasteiger partial charge on any atom is -0.292 e. The van der Waals surface area contributed by atoms with Gasteiger partial charge >= 0.3 is 6.18 Å². The largest absolute Gasteiger partial charge is 0.450 e. The zero-order chi connectivity index (χ0) is 13.1. The van der Waals surface area contributed by atoms with Crippen LogP contribution in [0.3, 0.4) is 0 Å². The highest BCUT2D eigenvalue weighted by Gasteiger charge is 2.45. The number of halogens is 3. The Balaban J connectivity index is 2.98. The molecule has 1 unspecified atom stereocenters. The van der Waals surface area contributed by atoms with Gasteiger partial charge in [-0.1, -0.05) is 12.1 Å². The van der Waals surface area contributed by atoms with Crippen molar-refractivity contribution in [3.63, 3.8) is 0 Å². The van der Waals surface area contributed by atoms with Crippen LogP contribution >= 0.6 is 11.3 Å². The second kappa shape index (κ2) is 5.27. The van der Waals surface area contributed by atoms with E-state index in [0.717, 1.165) is 17.4 Å². The predicted octanol–water partition coefficient (Wildman–Crippen LogP) is 3.25. The summed E-state index contributed by atoms with van der Waals surface area (Å²) in [5.74, 6) is -4.54. The van der Waals surface area contributed by atoms with Crippen LogP contribution in [0.2, 0.25) is 0 Å². The Bertz CT molecular complexity index is 420. The van der Waals surface area contributed by atoms with Crippen LogP contribution in [0.15, 0.2) is 30.2 Å². The summed E-state index contributed by atoms with van der Waals surface area (Å²) < 4.78 is 36.9. The molecule has 0 bridgehead atoms. The van der Waals surface area contributed by atoms with Gasteiger partial charge in [0.1, 0.15) is 0 Å². The van der Waals surface area contributed by atoms with Gasteiger partial charge in [0, 0.05) is 0 Å². The van der Waals surface area contributed by atoms with E-state index >= 15 is 0 Å². The summed E-state index contributed by atoms with van der Waals surface area (Å²) in [6.07, 6.45) is -4.17. The molecule has 1 atom stereocenters. The van der Waals surface area contributed by atoms with Gasteiger partial charge < -0.3 is 0 Å². The van der Waals surface area contributed by atoms with E-state index in [0.29, 0.717) is 0 Å². The third kappa shape index (κ3) is 3.26. The molecular weight excluding hydrogens is 253 g/mol. The van der Waals surface area contributed by atoms with Gasteiger partial charge in [-0.2, -0.15) is 13.2 Å². The second-order valence-corrected chi connectivity index (χ2v) is 4.23. The third-order valence-electron chi connectivity index (χ3n) is 2.08. The molecule has 1 aromatic heterocycles. The van der Waals surface area contributed by atoms with Gasteiger partial charge in [-0.3, -0.25) is 9.59 Å². The molecule has 0 fully saturated rings. The highest BCUT2D eigenvalue weighted by molar-refractivity contribution is 7.12. The van der Waals surface area contributed by atoms with E-state index in [-0.39, 0.29) is 11.3 Å². The standard InChI is InChI=1S/C11H9F3O2S/c1-2-4-7(10(16)11(12,13)14)9(15)8-5-3-6-17-8/h2-3,5-7H,1,4H2. The zero-order valence-electron chi connectivity index (χ0n) is 8.66. The molecule has 0 saturated carbocycles. The molecule has 0 amide bonds. The molecule has 17 heavy (non-hydrogen) atoms. The second-order valence-electron chi connectivity index (χ2n) is 3.28. The molecule has 0 N–H and O–H groups in total. The van der Waals surface area contributed by atoms with Gasteiger partial charge in [0.25, 0.3) is 0 Å². The van der Waals surface area contributed by atoms with Crippen LogP contribution in [0.1, 0.15) is 16.1 Å². The number of thiophene rings is 1. The fourth-order valence-corrected chi connectivity index (χ4v) is 2.01. The Hall–Kier alpha value is -1.43. The van der Waals surface area contributed by atoms with Crippen molar-refractivity contribution >= 4 is 22.9 Å². The van der Waals surface area contributed by atoms with Crippen LogP contribution in [-0.4, -0.2) is 17.7 Å². The number of carbonyl (C=O) groups is 2. The molecule has 92 valence electrons. The van der Waals surface area contributed by atoms with Crippen molar-refractivity contribution in [2.75, 3.05) is 0 Å². The monoisotopic (exact) mass is 262 g/mol. The SMILES string of the molecule is C=CCC(C(=O)c1cccs1)C(=O)C(F)(F)F. The molecular formula is C11H9F3O2S. The number of rotatable bonds is 5. The molecule has 2 nitrogen and oxygen atoms in total. The van der Waals surface area contributed by atoms with E-state index in [1.54, 1.807) is 11.4 Å². The highest BCUT2D eigenvalue weighted by atomic mass is 32.1. The van der Waals surface area contributed by atoms with Crippen LogP contribution in [-0.2, 0) is 4.79 Å². The first-order valence-electron chi connectivity index (χ1n) is 4.67. The molecule has 0 radical (unpaired) electrons. The Labute approximate surface area is 99.8 Å². The van der Waals surface area contributed by atoms with Crippen molar-refractivity contribution < 1.29 is 22.8 Å². The molecule has 0 aliphatic rings. The van der Waals surface area contributed by atoms with Crippen LogP contribution < -0.4 is 0 Å². The quantitative estimate of drug-likeness (QED) is 0.463. The van der Waals surface area contributed by atoms with Crippen LogP contribution in [0.4, 0.5) is 13.2 Å². The van der Waals surface area contributed by atoms with Gasteiger partial charge in [0.15, 0.2) is 5.78 Å². The van der Waals surface area contributed by atoms with Crippen molar-refractivity contribution in [3.05, 3.63) is 35.0 Å². The smallest absolute Gasteiger partial charge is 0.292 e. The van der Waals surface area contributed by atoms with Crippen molar-refractivity contribution in [2.24, 2.45) is 5.92 Å². The van der Waals surface area contributed by atoms with E-state index in [4.69, 9.17) is 0 Å². The van der Waals surface area contributed by atoms with E-state index in [2.05, 4.69) is 6.58 Å². The van der Waals surface area contributed by atoms with Crippen molar-refractivity contribution in [1.82, 2.24) is 0 Å². The third-order valence-corrected chi connectivity index (χ3v) is 2.96. The van der Waals surface area contributed by atoms with Crippen LogP contribution in [0, 0.1) is 5.92 Å². The van der Waals surface area contributed by atoms with Crippen LogP contribution in [0.5, 0.6) is 0 Å². The summed E-state index contributed by atoms with van der Waals surface area (Å²) in [6, 6.07) is 2.94. The molecule has 0 aliphatic carbocycles. The maximum absolute atomic E-state index is 12.3. The minimum absolute atomic E-state index is 0.148. The van der Waals surface area contributed by atoms with Gasteiger partial charge in [-0.05, 0) is 17.9 Å². The molecule has 0 spiro atoms. The normalized spacial score (nSPS) is 13.1. The average Bonchev–Trinajstić information content (AvgIpc) is 2.76. The molecule has 0 saturated heterocycles. The fourth-order valence-electron chi connectivity index (χ4n) is 1.29. The first-order chi connectivity index (χ1) is 7.88. The summed E-state index contributed by atoms with van der Waals surface area (Å²) in [7, 11) is 0. The van der Waals surface area contributed by atoms with Crippen molar-refractivity contribution in [1.29, 1.82) is 0 Å². The lowest BCUT2D eigenvalue weighted by molar-refractivity contribution is -0.173. The van der Waals surface area contributed by atoms with Crippen molar-refractivity contribution in [3.8, 4) is 0 Å². The van der Waals surface area contributed by atoms with Crippen molar-refractivity contribution in [2.45, 2.75) is 12.6 Å². The summed E-state index contributed by atoms with van der Waals surface area (Å²) in [5, 5.41) is 1.57. The highest BCUT2D eigenvalue weighted by Crippen LogP contribution is 2.26. The number of alkyl halides is 3. The van der Waals surface area contributed by atoms with E-state index in [9.17, 15) is 22.8 Å². The molecule has 1 rings (SSSR count). The Morgan fingerprint density at radius 2 is 2.12 bits per heavy atom. The summed E-state index contributed by atoms with van der Waals surface area (Å²) >= 11 is 1.01. The Morgan fingerprint density at radius 1 is 1.47 bits per heavy atom. The summed E-state index contributed by atoms with van der Waals surface area (Å²) in [4.78, 5) is 23.0. The topological polar surface area (TPSA) is 34.1 Å². The molecule has 1 heterocycles. The molecule has 0 aliphatic heterocycles.